The quantitative estimate of drug-likeness (QED) is 0.570. The molecule has 2 aromatic carbocycles. The third kappa shape index (κ3) is 4.35. The number of amides is 2. The summed E-state index contributed by atoms with van der Waals surface area (Å²) in [5.74, 6) is -0.783. The van der Waals surface area contributed by atoms with Gasteiger partial charge in [0.05, 0.1) is 17.7 Å². The lowest BCUT2D eigenvalue weighted by atomic mass is 9.72. The van der Waals surface area contributed by atoms with E-state index in [0.29, 0.717) is 37.1 Å². The van der Waals surface area contributed by atoms with Gasteiger partial charge in [0.1, 0.15) is 5.82 Å². The number of halogens is 1. The molecule has 1 aliphatic heterocycles. The molecule has 178 valence electrons. The van der Waals surface area contributed by atoms with Gasteiger partial charge in [0.25, 0.3) is 5.91 Å². The van der Waals surface area contributed by atoms with E-state index in [4.69, 9.17) is 0 Å². The lowest BCUT2D eigenvalue weighted by Crippen LogP contribution is -2.50. The van der Waals surface area contributed by atoms with Gasteiger partial charge < -0.3 is 15.3 Å². The van der Waals surface area contributed by atoms with Gasteiger partial charge in [0, 0.05) is 37.0 Å². The number of benzene rings is 2. The summed E-state index contributed by atoms with van der Waals surface area (Å²) in [5.41, 5.74) is 2.43. The van der Waals surface area contributed by atoms with E-state index in [2.05, 4.69) is 10.3 Å². The number of aromatic nitrogens is 1. The number of piperidine rings is 1. The van der Waals surface area contributed by atoms with E-state index in [1.165, 1.54) is 24.4 Å². The van der Waals surface area contributed by atoms with Crippen LogP contribution >= 0.6 is 0 Å². The van der Waals surface area contributed by atoms with E-state index in [0.717, 1.165) is 11.1 Å². The van der Waals surface area contributed by atoms with Gasteiger partial charge in [-0.25, -0.2) is 4.39 Å². The largest absolute Gasteiger partial charge is 0.390 e. The molecule has 1 fully saturated rings. The molecule has 2 aliphatic rings. The van der Waals surface area contributed by atoms with Crippen LogP contribution in [0.1, 0.15) is 45.9 Å². The molecular weight excluding hydrogens is 445 g/mol. The lowest BCUT2D eigenvalue weighted by Gasteiger charge is -2.42. The first-order valence-electron chi connectivity index (χ1n) is 11.7. The molecule has 6 nitrogen and oxygen atoms in total. The zero-order chi connectivity index (χ0) is 24.4. The average molecular weight is 472 g/mol. The van der Waals surface area contributed by atoms with Crippen LogP contribution in [-0.2, 0) is 10.2 Å². The molecule has 0 radical (unpaired) electrons. The van der Waals surface area contributed by atoms with Gasteiger partial charge in [-0.3, -0.25) is 14.6 Å². The first kappa shape index (κ1) is 22.9. The Kier molecular flexibility index (Phi) is 6.17. The summed E-state index contributed by atoms with van der Waals surface area (Å²) >= 11 is 0. The molecule has 1 spiro atoms. The maximum atomic E-state index is 13.4. The molecule has 2 atom stereocenters. The summed E-state index contributed by atoms with van der Waals surface area (Å²) in [6.07, 6.45) is 6.50. The smallest absolute Gasteiger partial charge is 0.253 e. The highest BCUT2D eigenvalue weighted by Gasteiger charge is 2.53. The summed E-state index contributed by atoms with van der Waals surface area (Å²) in [6, 6.07) is 16.7. The van der Waals surface area contributed by atoms with Crippen LogP contribution in [-0.4, -0.2) is 46.0 Å². The summed E-state index contributed by atoms with van der Waals surface area (Å²) < 4.78 is 13.4. The van der Waals surface area contributed by atoms with Crippen molar-refractivity contribution in [3.63, 3.8) is 0 Å². The second kappa shape index (κ2) is 9.43. The molecule has 1 aliphatic carbocycles. The van der Waals surface area contributed by atoms with Crippen LogP contribution in [0, 0.1) is 5.82 Å². The highest BCUT2D eigenvalue weighted by Crippen LogP contribution is 2.51. The Morgan fingerprint density at radius 1 is 1.09 bits per heavy atom. The van der Waals surface area contributed by atoms with Crippen molar-refractivity contribution >= 4 is 17.9 Å². The van der Waals surface area contributed by atoms with E-state index < -0.39 is 17.6 Å². The number of hydrogen-bond donors (Lipinski definition) is 2. The van der Waals surface area contributed by atoms with Crippen molar-refractivity contribution in [2.24, 2.45) is 0 Å². The van der Waals surface area contributed by atoms with Crippen molar-refractivity contribution in [2.75, 3.05) is 13.1 Å². The number of hydrogen-bond acceptors (Lipinski definition) is 4. The number of nitrogens with one attached hydrogen (secondary N) is 1. The van der Waals surface area contributed by atoms with Crippen LogP contribution in [0.2, 0.25) is 0 Å². The molecule has 0 bridgehead atoms. The topological polar surface area (TPSA) is 82.5 Å². The van der Waals surface area contributed by atoms with Crippen LogP contribution < -0.4 is 5.32 Å². The number of likely N-dealkylation sites (tertiary alicyclic amines) is 1. The van der Waals surface area contributed by atoms with Gasteiger partial charge in [0.2, 0.25) is 5.91 Å². The molecule has 2 heterocycles. The van der Waals surface area contributed by atoms with E-state index in [9.17, 15) is 19.1 Å². The Labute approximate surface area is 203 Å². The summed E-state index contributed by atoms with van der Waals surface area (Å²) in [4.78, 5) is 31.4. The van der Waals surface area contributed by atoms with Crippen molar-refractivity contribution in [1.82, 2.24) is 15.2 Å². The number of aliphatic hydroxyl groups is 1. The molecule has 0 saturated carbocycles. The van der Waals surface area contributed by atoms with Crippen molar-refractivity contribution < 1.29 is 19.1 Å². The SMILES string of the molecule is O=C(N[C@@H]1c2ccccc2C2(CCN(C(=O)C=Cc3cccc(F)c3)CC2)[C@H]1O)c1cccnc1. The fraction of sp³-hybridized carbons (Fsp3) is 0.250. The first-order chi connectivity index (χ1) is 17.0. The Balaban J connectivity index is 1.32. The summed E-state index contributed by atoms with van der Waals surface area (Å²) in [7, 11) is 0. The fourth-order valence-electron chi connectivity index (χ4n) is 5.32. The van der Waals surface area contributed by atoms with Gasteiger partial charge in [-0.15, -0.1) is 0 Å². The molecule has 2 N–H and O–H groups in total. The van der Waals surface area contributed by atoms with Crippen LogP contribution in [0.25, 0.3) is 6.08 Å². The van der Waals surface area contributed by atoms with Crippen LogP contribution in [0.15, 0.2) is 79.1 Å². The first-order valence-corrected chi connectivity index (χ1v) is 11.7. The fourth-order valence-corrected chi connectivity index (χ4v) is 5.32. The van der Waals surface area contributed by atoms with E-state index in [1.54, 1.807) is 41.4 Å². The maximum absolute atomic E-state index is 13.4. The molecule has 35 heavy (non-hydrogen) atoms. The van der Waals surface area contributed by atoms with Crippen LogP contribution in [0.3, 0.4) is 0 Å². The predicted molar refractivity (Wildman–Crippen MR) is 130 cm³/mol. The van der Waals surface area contributed by atoms with E-state index >= 15 is 0 Å². The molecular formula is C28H26FN3O3. The Bertz CT molecular complexity index is 1270. The van der Waals surface area contributed by atoms with Gasteiger partial charge >= 0.3 is 0 Å². The molecule has 0 unspecified atom stereocenters. The zero-order valence-corrected chi connectivity index (χ0v) is 19.1. The summed E-state index contributed by atoms with van der Waals surface area (Å²) in [5, 5.41) is 14.5. The van der Waals surface area contributed by atoms with E-state index in [-0.39, 0.29) is 17.6 Å². The number of carbonyl (C=O) groups excluding carboxylic acids is 2. The number of pyridine rings is 1. The second-order valence-corrected chi connectivity index (χ2v) is 9.09. The molecule has 7 heteroatoms. The van der Waals surface area contributed by atoms with Crippen LogP contribution in [0.4, 0.5) is 4.39 Å². The second-order valence-electron chi connectivity index (χ2n) is 9.09. The molecule has 2 amide bonds. The minimum Gasteiger partial charge on any atom is -0.390 e. The Hall–Kier alpha value is -3.84. The van der Waals surface area contributed by atoms with Gasteiger partial charge in [-0.05, 0) is 59.9 Å². The Morgan fingerprint density at radius 3 is 2.63 bits per heavy atom. The van der Waals surface area contributed by atoms with Crippen molar-refractivity contribution in [2.45, 2.75) is 30.4 Å². The molecule has 5 rings (SSSR count). The van der Waals surface area contributed by atoms with Gasteiger partial charge in [-0.2, -0.15) is 0 Å². The molecule has 1 aromatic heterocycles. The van der Waals surface area contributed by atoms with E-state index in [1.807, 2.05) is 24.3 Å². The number of aliphatic hydroxyl groups excluding tert-OH is 1. The monoisotopic (exact) mass is 471 g/mol. The zero-order valence-electron chi connectivity index (χ0n) is 19.1. The van der Waals surface area contributed by atoms with Gasteiger partial charge in [0.15, 0.2) is 0 Å². The minimum atomic E-state index is -0.819. The number of fused-ring (bicyclic) bond motifs is 2. The average Bonchev–Trinajstić information content (AvgIpc) is 3.11. The number of rotatable bonds is 4. The van der Waals surface area contributed by atoms with Crippen molar-refractivity contribution in [1.29, 1.82) is 0 Å². The third-order valence-corrected chi connectivity index (χ3v) is 7.16. The third-order valence-electron chi connectivity index (χ3n) is 7.16. The lowest BCUT2D eigenvalue weighted by molar-refractivity contribution is -0.128. The predicted octanol–water partition coefficient (Wildman–Crippen LogP) is 3.64. The summed E-state index contributed by atoms with van der Waals surface area (Å²) in [6.45, 7) is 0.946. The highest BCUT2D eigenvalue weighted by molar-refractivity contribution is 5.94. The van der Waals surface area contributed by atoms with Crippen molar-refractivity contribution in [3.8, 4) is 0 Å². The standard InChI is InChI=1S/C28H26FN3O3/c29-21-7-3-5-19(17-21)10-11-24(33)32-15-12-28(13-16-32)23-9-2-1-8-22(23)25(26(28)34)31-27(35)20-6-4-14-30-18-20/h1-11,14,17-18,25-26,34H,12-13,15-16H2,(H,31,35)/t25-,26+/m1/s1. The maximum Gasteiger partial charge on any atom is 0.253 e. The minimum absolute atomic E-state index is 0.147. The normalized spacial score (nSPS) is 20.7. The highest BCUT2D eigenvalue weighted by atomic mass is 19.1. The van der Waals surface area contributed by atoms with Crippen molar-refractivity contribution in [3.05, 3.63) is 107 Å². The molecule has 1 saturated heterocycles. The Morgan fingerprint density at radius 2 is 1.89 bits per heavy atom. The number of carbonyl (C=O) groups is 2. The van der Waals surface area contributed by atoms with Crippen LogP contribution in [0.5, 0.6) is 0 Å². The van der Waals surface area contributed by atoms with Gasteiger partial charge in [-0.1, -0.05) is 36.4 Å². The number of nitrogens with zero attached hydrogens (tertiary/aromatic N) is 2. The molecule has 3 aromatic rings.